The molecule has 3 N–H and O–H groups in total. The van der Waals surface area contributed by atoms with Crippen LogP contribution in [0.25, 0.3) is 0 Å². The number of nitrogens with one attached hydrogen (secondary N) is 2. The molecule has 0 bridgehead atoms. The maximum Gasteiger partial charge on any atom is 0.315 e. The molecule has 1 aromatic rings. The molecular weight excluding hydrogens is 244 g/mol. The van der Waals surface area contributed by atoms with Crippen LogP contribution >= 0.6 is 0 Å². The Morgan fingerprint density at radius 1 is 1.53 bits per heavy atom. The van der Waals surface area contributed by atoms with E-state index in [0.717, 1.165) is 17.5 Å². The minimum atomic E-state index is -0.688. The summed E-state index contributed by atoms with van der Waals surface area (Å²) in [6.45, 7) is 3.39. The Morgan fingerprint density at radius 3 is 3.00 bits per heavy atom. The smallest absolute Gasteiger partial charge is 0.315 e. The Balaban J connectivity index is 1.78. The van der Waals surface area contributed by atoms with Gasteiger partial charge in [-0.1, -0.05) is 24.3 Å². The largest absolute Gasteiger partial charge is 0.387 e. The summed E-state index contributed by atoms with van der Waals surface area (Å²) < 4.78 is 5.18. The van der Waals surface area contributed by atoms with E-state index in [9.17, 15) is 9.90 Å². The summed E-state index contributed by atoms with van der Waals surface area (Å²) in [5, 5.41) is 15.5. The fourth-order valence-electron chi connectivity index (χ4n) is 2.14. The molecule has 0 saturated carbocycles. The van der Waals surface area contributed by atoms with Crippen LogP contribution < -0.4 is 10.6 Å². The minimum Gasteiger partial charge on any atom is -0.387 e. The standard InChI is InChI=1S/C14H20N2O3/c1-10-4-2-3-5-12(10)13(17)8-15-14(18)16-11-6-7-19-9-11/h2-5,11,13,17H,6-9H2,1H3,(H2,15,16,18). The molecule has 0 radical (unpaired) electrons. The van der Waals surface area contributed by atoms with E-state index in [1.165, 1.54) is 0 Å². The average molecular weight is 264 g/mol. The van der Waals surface area contributed by atoms with Crippen molar-refractivity contribution in [2.75, 3.05) is 19.8 Å². The van der Waals surface area contributed by atoms with Crippen molar-refractivity contribution in [3.05, 3.63) is 35.4 Å². The molecule has 2 unspecified atom stereocenters. The lowest BCUT2D eigenvalue weighted by molar-refractivity contribution is 0.170. The molecule has 2 rings (SSSR count). The predicted molar refractivity (Wildman–Crippen MR) is 71.9 cm³/mol. The number of aliphatic hydroxyl groups excluding tert-OH is 1. The van der Waals surface area contributed by atoms with Gasteiger partial charge in [0.1, 0.15) is 0 Å². The van der Waals surface area contributed by atoms with Crippen molar-refractivity contribution in [1.82, 2.24) is 10.6 Å². The topological polar surface area (TPSA) is 70.6 Å². The van der Waals surface area contributed by atoms with Crippen molar-refractivity contribution in [2.24, 2.45) is 0 Å². The number of aryl methyl sites for hydroxylation is 1. The number of hydrogen-bond acceptors (Lipinski definition) is 3. The van der Waals surface area contributed by atoms with Crippen LogP contribution in [0.1, 0.15) is 23.7 Å². The molecule has 1 aromatic carbocycles. The van der Waals surface area contributed by atoms with E-state index < -0.39 is 6.10 Å². The van der Waals surface area contributed by atoms with Crippen molar-refractivity contribution < 1.29 is 14.6 Å². The first-order valence-corrected chi connectivity index (χ1v) is 6.52. The van der Waals surface area contributed by atoms with Gasteiger partial charge in [0, 0.05) is 13.2 Å². The van der Waals surface area contributed by atoms with E-state index >= 15 is 0 Å². The molecule has 2 atom stereocenters. The summed E-state index contributed by atoms with van der Waals surface area (Å²) in [5.41, 5.74) is 1.86. The van der Waals surface area contributed by atoms with Gasteiger partial charge in [0.15, 0.2) is 0 Å². The van der Waals surface area contributed by atoms with Gasteiger partial charge in [-0.05, 0) is 24.5 Å². The van der Waals surface area contributed by atoms with Gasteiger partial charge in [-0.25, -0.2) is 4.79 Å². The lowest BCUT2D eigenvalue weighted by atomic mass is 10.0. The Bertz CT molecular complexity index is 430. The van der Waals surface area contributed by atoms with Gasteiger partial charge in [0.05, 0.1) is 18.8 Å². The number of hydrogen-bond donors (Lipinski definition) is 3. The number of rotatable bonds is 4. The van der Waals surface area contributed by atoms with Crippen LogP contribution in [0.4, 0.5) is 4.79 Å². The fraction of sp³-hybridized carbons (Fsp3) is 0.500. The zero-order valence-corrected chi connectivity index (χ0v) is 11.1. The van der Waals surface area contributed by atoms with Crippen LogP contribution in [-0.2, 0) is 4.74 Å². The van der Waals surface area contributed by atoms with Gasteiger partial charge in [0.25, 0.3) is 0 Å². The van der Waals surface area contributed by atoms with Gasteiger partial charge in [-0.3, -0.25) is 0 Å². The second-order valence-corrected chi connectivity index (χ2v) is 4.79. The third kappa shape index (κ3) is 3.94. The van der Waals surface area contributed by atoms with Crippen molar-refractivity contribution in [3.63, 3.8) is 0 Å². The van der Waals surface area contributed by atoms with Crippen molar-refractivity contribution in [3.8, 4) is 0 Å². The van der Waals surface area contributed by atoms with Crippen LogP contribution in [-0.4, -0.2) is 36.9 Å². The molecular formula is C14H20N2O3. The van der Waals surface area contributed by atoms with Gasteiger partial charge in [-0.2, -0.15) is 0 Å². The van der Waals surface area contributed by atoms with E-state index in [1.54, 1.807) is 0 Å². The molecule has 1 aliphatic rings. The monoisotopic (exact) mass is 264 g/mol. The second-order valence-electron chi connectivity index (χ2n) is 4.79. The molecule has 1 saturated heterocycles. The van der Waals surface area contributed by atoms with E-state index in [-0.39, 0.29) is 18.6 Å². The van der Waals surface area contributed by atoms with E-state index in [2.05, 4.69) is 10.6 Å². The second kappa shape index (κ2) is 6.54. The summed E-state index contributed by atoms with van der Waals surface area (Å²) in [7, 11) is 0. The first-order valence-electron chi connectivity index (χ1n) is 6.52. The molecule has 19 heavy (non-hydrogen) atoms. The third-order valence-corrected chi connectivity index (χ3v) is 3.27. The Kier molecular flexibility index (Phi) is 4.76. The summed E-state index contributed by atoms with van der Waals surface area (Å²) in [4.78, 5) is 11.6. The fourth-order valence-corrected chi connectivity index (χ4v) is 2.14. The van der Waals surface area contributed by atoms with Crippen LogP contribution in [0.5, 0.6) is 0 Å². The number of ether oxygens (including phenoxy) is 1. The molecule has 2 amide bonds. The van der Waals surface area contributed by atoms with Crippen molar-refractivity contribution >= 4 is 6.03 Å². The molecule has 1 aliphatic heterocycles. The van der Waals surface area contributed by atoms with Gasteiger partial charge in [-0.15, -0.1) is 0 Å². The molecule has 5 heteroatoms. The number of carbonyl (C=O) groups is 1. The van der Waals surface area contributed by atoms with Gasteiger partial charge in [0.2, 0.25) is 0 Å². The number of amides is 2. The first-order chi connectivity index (χ1) is 9.16. The summed E-state index contributed by atoms with van der Waals surface area (Å²) in [6, 6.07) is 7.42. The van der Waals surface area contributed by atoms with Crippen LogP contribution in [0.3, 0.4) is 0 Å². The van der Waals surface area contributed by atoms with E-state index in [4.69, 9.17) is 4.74 Å². The van der Waals surface area contributed by atoms with Crippen molar-refractivity contribution in [2.45, 2.75) is 25.5 Å². The highest BCUT2D eigenvalue weighted by Crippen LogP contribution is 2.16. The highest BCUT2D eigenvalue weighted by molar-refractivity contribution is 5.74. The average Bonchev–Trinajstić information content (AvgIpc) is 2.89. The summed E-state index contributed by atoms with van der Waals surface area (Å²) in [5.74, 6) is 0. The Morgan fingerprint density at radius 2 is 2.32 bits per heavy atom. The number of aliphatic hydroxyl groups is 1. The zero-order chi connectivity index (χ0) is 13.7. The molecule has 0 spiro atoms. The Labute approximate surface area is 113 Å². The van der Waals surface area contributed by atoms with E-state index in [0.29, 0.717) is 13.2 Å². The normalized spacial score (nSPS) is 20.0. The zero-order valence-electron chi connectivity index (χ0n) is 11.1. The molecule has 5 nitrogen and oxygen atoms in total. The predicted octanol–water partition coefficient (Wildman–Crippen LogP) is 1.12. The van der Waals surface area contributed by atoms with Gasteiger partial charge < -0.3 is 20.5 Å². The first kappa shape index (κ1) is 13.8. The highest BCUT2D eigenvalue weighted by Gasteiger charge is 2.18. The summed E-state index contributed by atoms with van der Waals surface area (Å²) >= 11 is 0. The molecule has 1 heterocycles. The van der Waals surface area contributed by atoms with E-state index in [1.807, 2.05) is 31.2 Å². The van der Waals surface area contributed by atoms with Crippen LogP contribution in [0.15, 0.2) is 24.3 Å². The molecule has 0 aromatic heterocycles. The van der Waals surface area contributed by atoms with Crippen LogP contribution in [0.2, 0.25) is 0 Å². The molecule has 0 aliphatic carbocycles. The van der Waals surface area contributed by atoms with Gasteiger partial charge >= 0.3 is 6.03 Å². The molecule has 1 fully saturated rings. The minimum absolute atomic E-state index is 0.0793. The number of urea groups is 1. The lowest BCUT2D eigenvalue weighted by Gasteiger charge is -2.16. The van der Waals surface area contributed by atoms with Crippen molar-refractivity contribution in [1.29, 1.82) is 0 Å². The highest BCUT2D eigenvalue weighted by atomic mass is 16.5. The number of carbonyl (C=O) groups excluding carboxylic acids is 1. The number of benzene rings is 1. The Hall–Kier alpha value is -1.59. The maximum absolute atomic E-state index is 11.6. The third-order valence-electron chi connectivity index (χ3n) is 3.27. The summed E-state index contributed by atoms with van der Waals surface area (Å²) in [6.07, 6.45) is 0.153. The molecule has 104 valence electrons. The quantitative estimate of drug-likeness (QED) is 0.763. The van der Waals surface area contributed by atoms with Crippen LogP contribution in [0, 0.1) is 6.92 Å². The lowest BCUT2D eigenvalue weighted by Crippen LogP contribution is -2.43. The SMILES string of the molecule is Cc1ccccc1C(O)CNC(=O)NC1CCOC1. The maximum atomic E-state index is 11.6.